The summed E-state index contributed by atoms with van der Waals surface area (Å²) in [6.07, 6.45) is 6.70. The van der Waals surface area contributed by atoms with Gasteiger partial charge in [-0.25, -0.2) is 15.0 Å². The highest BCUT2D eigenvalue weighted by Gasteiger charge is 2.45. The lowest BCUT2D eigenvalue weighted by molar-refractivity contribution is 0.0780. The van der Waals surface area contributed by atoms with Gasteiger partial charge in [0.15, 0.2) is 17.5 Å². The minimum Gasteiger partial charge on any atom is -0.208 e. The first-order valence-electron chi connectivity index (χ1n) is 17.8. The zero-order chi connectivity index (χ0) is 33.8. The Balaban J connectivity index is 1.15. The van der Waals surface area contributed by atoms with Crippen LogP contribution in [0.5, 0.6) is 0 Å². The largest absolute Gasteiger partial charge is 0.208 e. The maximum absolute atomic E-state index is 9.57. The highest BCUT2D eigenvalue weighted by molar-refractivity contribution is 7.25. The summed E-state index contributed by atoms with van der Waals surface area (Å²) < 4.78 is 2.33. The van der Waals surface area contributed by atoms with Crippen molar-refractivity contribution >= 4 is 31.5 Å². The summed E-state index contributed by atoms with van der Waals surface area (Å²) in [5.41, 5.74) is 7.61. The van der Waals surface area contributed by atoms with Gasteiger partial charge in [0, 0.05) is 36.9 Å². The standard InChI is InChI=1S/C45H38N4S/c1-28-20-31-21-29(2)25-45(24-28,26-31)35-16-13-32(14-17-35)36-10-6-7-11-37(36)44-48-42(33-8-4-3-5-9-33)47-43(49-44)34-15-19-41-39(23-34)38-22-30(27-46)12-18-40(38)50-41/h3-19,22-23,28-29,31H,20-21,24-26H2,1-2H3/t28-,29+,31-,45?. The number of rotatable bonds is 5. The second-order valence-electron chi connectivity index (χ2n) is 14.9. The molecule has 2 bridgehead atoms. The molecule has 1 unspecified atom stereocenters. The molecule has 0 saturated heterocycles. The molecule has 2 aliphatic rings. The number of nitrogens with zero attached hydrogens (tertiary/aromatic N) is 4. The summed E-state index contributed by atoms with van der Waals surface area (Å²) in [7, 11) is 0. The molecule has 2 aliphatic carbocycles. The van der Waals surface area contributed by atoms with Crippen molar-refractivity contribution in [3.05, 3.63) is 126 Å². The van der Waals surface area contributed by atoms with E-state index in [0.717, 1.165) is 55.5 Å². The van der Waals surface area contributed by atoms with Crippen LogP contribution in [0, 0.1) is 29.1 Å². The Morgan fingerprint density at radius 1 is 0.600 bits per heavy atom. The smallest absolute Gasteiger partial charge is 0.164 e. The lowest BCUT2D eigenvalue weighted by Crippen LogP contribution is -2.42. The minimum absolute atomic E-state index is 0.302. The van der Waals surface area contributed by atoms with Crippen LogP contribution in [-0.2, 0) is 5.41 Å². The molecule has 2 aromatic heterocycles. The maximum Gasteiger partial charge on any atom is 0.164 e. The van der Waals surface area contributed by atoms with Gasteiger partial charge in [0.05, 0.1) is 11.6 Å². The van der Waals surface area contributed by atoms with Crippen molar-refractivity contribution in [3.63, 3.8) is 0 Å². The van der Waals surface area contributed by atoms with Crippen molar-refractivity contribution in [3.8, 4) is 51.4 Å². The van der Waals surface area contributed by atoms with Gasteiger partial charge in [0.1, 0.15) is 0 Å². The third kappa shape index (κ3) is 5.49. The van der Waals surface area contributed by atoms with Crippen molar-refractivity contribution < 1.29 is 0 Å². The Labute approximate surface area is 297 Å². The van der Waals surface area contributed by atoms with Gasteiger partial charge in [-0.3, -0.25) is 0 Å². The normalized spacial score (nSPS) is 21.7. The number of fused-ring (bicyclic) bond motifs is 5. The van der Waals surface area contributed by atoms with Gasteiger partial charge in [0.2, 0.25) is 0 Å². The van der Waals surface area contributed by atoms with Gasteiger partial charge in [-0.1, -0.05) is 92.7 Å². The first-order valence-corrected chi connectivity index (χ1v) is 18.6. The van der Waals surface area contributed by atoms with Gasteiger partial charge >= 0.3 is 0 Å². The van der Waals surface area contributed by atoms with Crippen LogP contribution in [-0.4, -0.2) is 15.0 Å². The van der Waals surface area contributed by atoms with Gasteiger partial charge < -0.3 is 0 Å². The van der Waals surface area contributed by atoms with E-state index in [4.69, 9.17) is 15.0 Å². The monoisotopic (exact) mass is 666 g/mol. The first kappa shape index (κ1) is 30.8. The number of aromatic nitrogens is 3. The van der Waals surface area contributed by atoms with Crippen molar-refractivity contribution in [2.24, 2.45) is 17.8 Å². The second kappa shape index (κ2) is 12.3. The van der Waals surface area contributed by atoms with Crippen molar-refractivity contribution in [1.82, 2.24) is 15.0 Å². The highest BCUT2D eigenvalue weighted by atomic mass is 32.1. The van der Waals surface area contributed by atoms with E-state index in [-0.39, 0.29) is 0 Å². The minimum atomic E-state index is 0.302. The zero-order valence-corrected chi connectivity index (χ0v) is 29.3. The Kier molecular flexibility index (Phi) is 7.59. The summed E-state index contributed by atoms with van der Waals surface area (Å²) in [5.74, 6) is 4.35. The van der Waals surface area contributed by atoms with Crippen LogP contribution in [0.1, 0.15) is 57.1 Å². The van der Waals surface area contributed by atoms with Crippen LogP contribution in [0.4, 0.5) is 0 Å². The molecule has 244 valence electrons. The number of thiophene rings is 1. The molecule has 2 heterocycles. The first-order chi connectivity index (χ1) is 24.4. The molecule has 4 nitrogen and oxygen atoms in total. The summed E-state index contributed by atoms with van der Waals surface area (Å²) in [6, 6.07) is 42.7. The molecular weight excluding hydrogens is 629 g/mol. The molecule has 5 aromatic carbocycles. The van der Waals surface area contributed by atoms with Crippen LogP contribution in [0.15, 0.2) is 115 Å². The average Bonchev–Trinajstić information content (AvgIpc) is 3.51. The highest BCUT2D eigenvalue weighted by Crippen LogP contribution is 2.54. The third-order valence-electron chi connectivity index (χ3n) is 11.1. The molecule has 2 saturated carbocycles. The average molecular weight is 667 g/mol. The van der Waals surface area contributed by atoms with Crippen molar-refractivity contribution in [2.75, 3.05) is 0 Å². The lowest BCUT2D eigenvalue weighted by Gasteiger charge is -2.50. The Morgan fingerprint density at radius 3 is 1.92 bits per heavy atom. The Morgan fingerprint density at radius 2 is 1.20 bits per heavy atom. The van der Waals surface area contributed by atoms with E-state index < -0.39 is 0 Å². The molecule has 0 N–H and O–H groups in total. The lowest BCUT2D eigenvalue weighted by atomic mass is 9.54. The number of nitriles is 1. The van der Waals surface area contributed by atoms with E-state index in [0.29, 0.717) is 28.5 Å². The van der Waals surface area contributed by atoms with E-state index in [9.17, 15) is 5.26 Å². The summed E-state index contributed by atoms with van der Waals surface area (Å²) in [4.78, 5) is 15.3. The zero-order valence-electron chi connectivity index (χ0n) is 28.4. The van der Waals surface area contributed by atoms with E-state index in [1.165, 1.54) is 47.9 Å². The number of hydrogen-bond donors (Lipinski definition) is 0. The number of benzene rings is 5. The van der Waals surface area contributed by atoms with Gasteiger partial charge in [-0.15, -0.1) is 11.3 Å². The fourth-order valence-electron chi connectivity index (χ4n) is 9.32. The van der Waals surface area contributed by atoms with E-state index in [1.807, 2.05) is 36.4 Å². The van der Waals surface area contributed by atoms with Crippen LogP contribution in [0.25, 0.3) is 65.5 Å². The predicted octanol–water partition coefficient (Wildman–Crippen LogP) is 11.9. The SMILES string of the molecule is C[C@@H]1C[C@@H]2C[C@H](C)CC(c3ccc(-c4ccccc4-c4nc(-c5ccccc5)nc(-c5ccc6sc7ccc(C#N)cc7c6c5)n4)cc3)(C1)C2. The quantitative estimate of drug-likeness (QED) is 0.183. The molecule has 0 aliphatic heterocycles. The molecule has 2 fully saturated rings. The van der Waals surface area contributed by atoms with E-state index in [2.05, 4.69) is 98.8 Å². The Hall–Kier alpha value is -5.18. The van der Waals surface area contributed by atoms with Gasteiger partial charge in [-0.2, -0.15) is 5.26 Å². The molecule has 4 atom stereocenters. The van der Waals surface area contributed by atoms with Gasteiger partial charge in [0.25, 0.3) is 0 Å². The topological polar surface area (TPSA) is 62.5 Å². The van der Waals surface area contributed by atoms with Gasteiger partial charge in [-0.05, 0) is 108 Å². The van der Waals surface area contributed by atoms with E-state index >= 15 is 0 Å². The third-order valence-corrected chi connectivity index (χ3v) is 12.3. The van der Waals surface area contributed by atoms with Crippen LogP contribution >= 0.6 is 11.3 Å². The van der Waals surface area contributed by atoms with Crippen molar-refractivity contribution in [2.45, 2.75) is 51.4 Å². The van der Waals surface area contributed by atoms with Crippen LogP contribution in [0.2, 0.25) is 0 Å². The summed E-state index contributed by atoms with van der Waals surface area (Å²) in [5, 5.41) is 11.8. The predicted molar refractivity (Wildman–Crippen MR) is 206 cm³/mol. The molecule has 7 aromatic rings. The van der Waals surface area contributed by atoms with Crippen LogP contribution < -0.4 is 0 Å². The molecule has 9 rings (SSSR count). The Bertz CT molecular complexity index is 2400. The molecule has 5 heteroatoms. The molecular formula is C45H38N4S. The summed E-state index contributed by atoms with van der Waals surface area (Å²) >= 11 is 1.74. The second-order valence-corrected chi connectivity index (χ2v) is 16.0. The molecule has 0 spiro atoms. The molecule has 50 heavy (non-hydrogen) atoms. The molecule has 0 amide bonds. The maximum atomic E-state index is 9.57. The molecule has 0 radical (unpaired) electrons. The van der Waals surface area contributed by atoms with Crippen molar-refractivity contribution in [1.29, 1.82) is 5.26 Å². The van der Waals surface area contributed by atoms with E-state index in [1.54, 1.807) is 11.3 Å². The summed E-state index contributed by atoms with van der Waals surface area (Å²) in [6.45, 7) is 4.92. The fraction of sp³-hybridized carbons (Fsp3) is 0.244. The fourth-order valence-corrected chi connectivity index (χ4v) is 10.4. The number of hydrogen-bond acceptors (Lipinski definition) is 5. The van der Waals surface area contributed by atoms with Crippen LogP contribution in [0.3, 0.4) is 0 Å².